The summed E-state index contributed by atoms with van der Waals surface area (Å²) in [5.41, 5.74) is 7.11. The summed E-state index contributed by atoms with van der Waals surface area (Å²) >= 11 is 0. The molecule has 0 spiro atoms. The van der Waals surface area contributed by atoms with E-state index in [4.69, 9.17) is 0 Å². The van der Waals surface area contributed by atoms with E-state index in [1.54, 1.807) is 5.69 Å². The van der Waals surface area contributed by atoms with Gasteiger partial charge in [0.05, 0.1) is 5.92 Å². The van der Waals surface area contributed by atoms with Crippen molar-refractivity contribution in [3.8, 4) is 11.4 Å². The molecule has 0 N–H and O–H groups in total. The van der Waals surface area contributed by atoms with Crippen LogP contribution in [0.4, 0.5) is 0 Å². The molecule has 0 bridgehead atoms. The van der Waals surface area contributed by atoms with Gasteiger partial charge in [-0.1, -0.05) is 68.5 Å². The number of hydrogen-bond donors (Lipinski definition) is 0. The van der Waals surface area contributed by atoms with Crippen molar-refractivity contribution in [2.45, 2.75) is 83.5 Å². The quantitative estimate of drug-likeness (QED) is 0.415. The fraction of sp³-hybridized carbons (Fsp3) is 0.464. The van der Waals surface area contributed by atoms with Crippen LogP contribution >= 0.6 is 0 Å². The zero-order valence-electron chi connectivity index (χ0n) is 18.6. The van der Waals surface area contributed by atoms with E-state index >= 15 is 0 Å². The summed E-state index contributed by atoms with van der Waals surface area (Å²) in [5.74, 6) is 2.83. The second-order valence-electron chi connectivity index (χ2n) is 9.44. The molecule has 2 aliphatic rings. The summed E-state index contributed by atoms with van der Waals surface area (Å²) in [7, 11) is 0. The van der Waals surface area contributed by atoms with E-state index in [1.807, 2.05) is 0 Å². The van der Waals surface area contributed by atoms with Crippen LogP contribution < -0.4 is 4.57 Å². The highest BCUT2D eigenvalue weighted by Crippen LogP contribution is 2.41. The fourth-order valence-electron chi connectivity index (χ4n) is 6.04. The Balaban J connectivity index is 1.82. The first-order valence-electron chi connectivity index (χ1n) is 12.0. The number of aryl methyl sites for hydroxylation is 1. The van der Waals surface area contributed by atoms with Gasteiger partial charge in [-0.25, -0.2) is 0 Å². The van der Waals surface area contributed by atoms with Gasteiger partial charge in [-0.05, 0) is 56.4 Å². The highest BCUT2D eigenvalue weighted by Gasteiger charge is 2.40. The Labute approximate surface area is 181 Å². The molecule has 30 heavy (non-hydrogen) atoms. The van der Waals surface area contributed by atoms with Gasteiger partial charge < -0.3 is 0 Å². The van der Waals surface area contributed by atoms with Gasteiger partial charge >= 0.3 is 0 Å². The van der Waals surface area contributed by atoms with Crippen LogP contribution in [0, 0.1) is 13.8 Å². The van der Waals surface area contributed by atoms with Crippen molar-refractivity contribution in [1.29, 1.82) is 0 Å². The van der Waals surface area contributed by atoms with Gasteiger partial charge in [-0.3, -0.25) is 0 Å². The molecular weight excluding hydrogens is 364 g/mol. The standard InChI is InChI=1S/C28H35N2/c1-21-13-9-12-20-26(21)29-22(2)27(23-14-5-3-6-15-23)30(25-18-7-4-8-19-25)28(29)24-16-10-11-17-24/h4,7-9,12-13,18-20,23-24H,3,5-6,10-11,14-17H2,1-2H3/q+1. The van der Waals surface area contributed by atoms with E-state index in [9.17, 15) is 0 Å². The number of rotatable bonds is 4. The van der Waals surface area contributed by atoms with Crippen LogP contribution in [0.2, 0.25) is 0 Å². The number of hydrogen-bond acceptors (Lipinski definition) is 0. The molecule has 0 atom stereocenters. The summed E-state index contributed by atoms with van der Waals surface area (Å²) < 4.78 is 5.33. The Hall–Kier alpha value is -2.35. The van der Waals surface area contributed by atoms with E-state index in [-0.39, 0.29) is 0 Å². The average Bonchev–Trinajstić information content (AvgIpc) is 3.41. The monoisotopic (exact) mass is 399 g/mol. The Morgan fingerprint density at radius 2 is 1.30 bits per heavy atom. The summed E-state index contributed by atoms with van der Waals surface area (Å²) in [6, 6.07) is 20.1. The molecule has 3 aromatic rings. The van der Waals surface area contributed by atoms with E-state index in [0.717, 1.165) is 0 Å². The summed E-state index contributed by atoms with van der Waals surface area (Å²) in [6.07, 6.45) is 12.1. The minimum atomic E-state index is 0.640. The third-order valence-corrected chi connectivity index (χ3v) is 7.49. The van der Waals surface area contributed by atoms with Gasteiger partial charge in [-0.15, -0.1) is 0 Å². The normalized spacial score (nSPS) is 18.2. The molecular formula is C28H35N2+. The molecule has 5 rings (SSSR count). The predicted octanol–water partition coefficient (Wildman–Crippen LogP) is 7.08. The lowest BCUT2D eigenvalue weighted by molar-refractivity contribution is -0.612. The smallest absolute Gasteiger partial charge is 0.196 e. The molecule has 0 saturated heterocycles. The Bertz CT molecular complexity index is 1000. The maximum absolute atomic E-state index is 2.69. The molecule has 0 amide bonds. The second-order valence-corrected chi connectivity index (χ2v) is 9.44. The number of imidazole rings is 1. The minimum Gasteiger partial charge on any atom is -0.196 e. The lowest BCUT2D eigenvalue weighted by Crippen LogP contribution is -2.39. The van der Waals surface area contributed by atoms with Crippen LogP contribution in [0.5, 0.6) is 0 Å². The molecule has 1 aromatic heterocycles. The minimum absolute atomic E-state index is 0.640. The van der Waals surface area contributed by atoms with Crippen molar-refractivity contribution >= 4 is 0 Å². The molecule has 2 heteroatoms. The van der Waals surface area contributed by atoms with Crippen molar-refractivity contribution in [2.75, 3.05) is 0 Å². The summed E-state index contributed by atoms with van der Waals surface area (Å²) in [6.45, 7) is 4.65. The summed E-state index contributed by atoms with van der Waals surface area (Å²) in [5, 5.41) is 0. The maximum atomic E-state index is 2.69. The van der Waals surface area contributed by atoms with Crippen LogP contribution in [-0.2, 0) is 0 Å². The highest BCUT2D eigenvalue weighted by molar-refractivity contribution is 5.40. The first-order chi connectivity index (χ1) is 14.8. The number of para-hydroxylation sites is 2. The van der Waals surface area contributed by atoms with E-state index in [2.05, 4.69) is 77.6 Å². The second kappa shape index (κ2) is 8.41. The van der Waals surface area contributed by atoms with Crippen molar-refractivity contribution < 1.29 is 4.57 Å². The van der Waals surface area contributed by atoms with Crippen LogP contribution in [-0.4, -0.2) is 4.57 Å². The first-order valence-corrected chi connectivity index (χ1v) is 12.0. The topological polar surface area (TPSA) is 8.81 Å². The van der Waals surface area contributed by atoms with Crippen molar-refractivity contribution in [3.05, 3.63) is 77.4 Å². The lowest BCUT2D eigenvalue weighted by atomic mass is 9.86. The molecule has 0 unspecified atom stereocenters. The van der Waals surface area contributed by atoms with E-state index < -0.39 is 0 Å². The molecule has 0 aliphatic heterocycles. The SMILES string of the molecule is Cc1ccccc1-[n+]1c(C)c(C2CCCCC2)n(-c2ccccc2)c1C1CCCC1. The summed E-state index contributed by atoms with van der Waals surface area (Å²) in [4.78, 5) is 0. The Morgan fingerprint density at radius 3 is 2.00 bits per heavy atom. The van der Waals surface area contributed by atoms with E-state index in [0.29, 0.717) is 11.8 Å². The zero-order chi connectivity index (χ0) is 20.5. The molecule has 2 aromatic carbocycles. The van der Waals surface area contributed by atoms with Crippen molar-refractivity contribution in [2.24, 2.45) is 0 Å². The lowest BCUT2D eigenvalue weighted by Gasteiger charge is -2.21. The van der Waals surface area contributed by atoms with Gasteiger partial charge in [0.1, 0.15) is 17.1 Å². The van der Waals surface area contributed by atoms with Gasteiger partial charge in [-0.2, -0.15) is 9.13 Å². The average molecular weight is 400 g/mol. The third kappa shape index (κ3) is 3.41. The maximum Gasteiger partial charge on any atom is 0.270 e. The zero-order valence-corrected chi connectivity index (χ0v) is 18.6. The fourth-order valence-corrected chi connectivity index (χ4v) is 6.04. The van der Waals surface area contributed by atoms with Gasteiger partial charge in [0.15, 0.2) is 5.69 Å². The molecule has 2 aliphatic carbocycles. The Morgan fingerprint density at radius 1 is 0.700 bits per heavy atom. The van der Waals surface area contributed by atoms with Gasteiger partial charge in [0.2, 0.25) is 0 Å². The van der Waals surface area contributed by atoms with Crippen LogP contribution in [0.25, 0.3) is 11.4 Å². The Kier molecular flexibility index (Phi) is 5.50. The molecule has 2 saturated carbocycles. The third-order valence-electron chi connectivity index (χ3n) is 7.49. The highest BCUT2D eigenvalue weighted by atomic mass is 15.2. The van der Waals surface area contributed by atoms with Crippen molar-refractivity contribution in [1.82, 2.24) is 4.57 Å². The number of aromatic nitrogens is 2. The number of nitrogens with zero attached hydrogens (tertiary/aromatic N) is 2. The van der Waals surface area contributed by atoms with Crippen LogP contribution in [0.15, 0.2) is 54.6 Å². The molecule has 2 nitrogen and oxygen atoms in total. The molecule has 2 fully saturated rings. The largest absolute Gasteiger partial charge is 0.270 e. The first kappa shape index (κ1) is 19.6. The van der Waals surface area contributed by atoms with E-state index in [1.165, 1.54) is 86.2 Å². The number of benzene rings is 2. The van der Waals surface area contributed by atoms with Crippen LogP contribution in [0.3, 0.4) is 0 Å². The molecule has 0 radical (unpaired) electrons. The molecule has 1 heterocycles. The van der Waals surface area contributed by atoms with Crippen molar-refractivity contribution in [3.63, 3.8) is 0 Å². The molecule has 156 valence electrons. The van der Waals surface area contributed by atoms with Crippen LogP contribution in [0.1, 0.15) is 92.4 Å². The predicted molar refractivity (Wildman–Crippen MR) is 124 cm³/mol. The van der Waals surface area contributed by atoms with Gasteiger partial charge in [0, 0.05) is 12.8 Å². The van der Waals surface area contributed by atoms with Gasteiger partial charge in [0.25, 0.3) is 5.82 Å².